The molecule has 18 heavy (non-hydrogen) atoms. The minimum atomic E-state index is 0.146. The number of aryl methyl sites for hydroxylation is 1. The number of hydrogen-bond acceptors (Lipinski definition) is 3. The molecular weight excluding hydrogens is 226 g/mol. The second kappa shape index (κ2) is 7.11. The summed E-state index contributed by atoms with van der Waals surface area (Å²) in [6.45, 7) is 2.07. The summed E-state index contributed by atoms with van der Waals surface area (Å²) in [6.07, 6.45) is 6.28. The summed E-state index contributed by atoms with van der Waals surface area (Å²) in [5.41, 5.74) is 0.982. The predicted octanol–water partition coefficient (Wildman–Crippen LogP) is 1.27. The molecule has 98 valence electrons. The smallest absolute Gasteiger partial charge is 0.220 e. The Morgan fingerprint density at radius 1 is 1.39 bits per heavy atom. The Hall–Kier alpha value is -1.42. The maximum Gasteiger partial charge on any atom is 0.220 e. The Bertz CT molecular complexity index is 359. The molecule has 0 radical (unpaired) electrons. The quantitative estimate of drug-likeness (QED) is 0.842. The Kier molecular flexibility index (Phi) is 5.15. The van der Waals surface area contributed by atoms with Gasteiger partial charge in [-0.15, -0.1) is 0 Å². The lowest BCUT2D eigenvalue weighted by Gasteiger charge is -2.15. The molecule has 1 atom stereocenters. The molecule has 1 aliphatic rings. The van der Waals surface area contributed by atoms with Crippen LogP contribution in [0.5, 0.6) is 0 Å². The first-order valence-electron chi connectivity index (χ1n) is 6.74. The van der Waals surface area contributed by atoms with Gasteiger partial charge in [-0.1, -0.05) is 6.07 Å². The van der Waals surface area contributed by atoms with E-state index in [0.29, 0.717) is 12.5 Å². The van der Waals surface area contributed by atoms with E-state index in [1.54, 1.807) is 6.20 Å². The van der Waals surface area contributed by atoms with E-state index in [4.69, 9.17) is 0 Å². The first-order valence-corrected chi connectivity index (χ1v) is 6.74. The van der Waals surface area contributed by atoms with E-state index in [9.17, 15) is 4.79 Å². The Morgan fingerprint density at radius 2 is 2.33 bits per heavy atom. The standard InChI is InChI=1S/C14H21N3O/c18-14(7-6-12-4-1-2-10-16-12)17-13-5-3-9-15-11-8-13/h1-2,4,10,13,15H,3,5-9,11H2,(H,17,18). The fourth-order valence-corrected chi connectivity index (χ4v) is 2.25. The molecule has 2 rings (SSSR count). The van der Waals surface area contributed by atoms with E-state index in [1.165, 1.54) is 0 Å². The first-order chi connectivity index (χ1) is 8.84. The van der Waals surface area contributed by atoms with Crippen molar-refractivity contribution in [3.8, 4) is 0 Å². The van der Waals surface area contributed by atoms with Crippen molar-refractivity contribution < 1.29 is 4.79 Å². The molecule has 1 aromatic heterocycles. The van der Waals surface area contributed by atoms with Crippen LogP contribution in [-0.2, 0) is 11.2 Å². The predicted molar refractivity (Wildman–Crippen MR) is 71.2 cm³/mol. The average Bonchev–Trinajstić information content (AvgIpc) is 2.66. The van der Waals surface area contributed by atoms with Crippen LogP contribution in [0, 0.1) is 0 Å². The summed E-state index contributed by atoms with van der Waals surface area (Å²) in [5, 5.41) is 6.47. The van der Waals surface area contributed by atoms with Crippen molar-refractivity contribution in [3.05, 3.63) is 30.1 Å². The highest BCUT2D eigenvalue weighted by Gasteiger charge is 2.14. The molecule has 0 aliphatic carbocycles. The lowest BCUT2D eigenvalue weighted by atomic mass is 10.1. The summed E-state index contributed by atoms with van der Waals surface area (Å²) in [7, 11) is 0. The van der Waals surface area contributed by atoms with E-state index < -0.39 is 0 Å². The van der Waals surface area contributed by atoms with Crippen LogP contribution in [0.1, 0.15) is 31.4 Å². The van der Waals surface area contributed by atoms with E-state index in [1.807, 2.05) is 18.2 Å². The first kappa shape index (κ1) is 13.0. The number of nitrogens with one attached hydrogen (secondary N) is 2. The topological polar surface area (TPSA) is 54.0 Å². The SMILES string of the molecule is O=C(CCc1ccccn1)NC1CCCNCC1. The highest BCUT2D eigenvalue weighted by Crippen LogP contribution is 2.06. The van der Waals surface area contributed by atoms with Gasteiger partial charge in [0.15, 0.2) is 0 Å². The second-order valence-corrected chi connectivity index (χ2v) is 4.77. The van der Waals surface area contributed by atoms with Crippen molar-refractivity contribution in [1.82, 2.24) is 15.6 Å². The minimum Gasteiger partial charge on any atom is -0.353 e. The molecule has 1 fully saturated rings. The number of pyridine rings is 1. The Labute approximate surface area is 108 Å². The number of aromatic nitrogens is 1. The van der Waals surface area contributed by atoms with Crippen molar-refractivity contribution in [3.63, 3.8) is 0 Å². The molecule has 4 heteroatoms. The van der Waals surface area contributed by atoms with Crippen LogP contribution in [0.15, 0.2) is 24.4 Å². The van der Waals surface area contributed by atoms with Gasteiger partial charge in [0, 0.05) is 24.4 Å². The molecule has 0 spiro atoms. The summed E-state index contributed by atoms with van der Waals surface area (Å²) < 4.78 is 0. The van der Waals surface area contributed by atoms with Crippen LogP contribution in [0.3, 0.4) is 0 Å². The second-order valence-electron chi connectivity index (χ2n) is 4.77. The van der Waals surface area contributed by atoms with Crippen LogP contribution in [0.4, 0.5) is 0 Å². The number of rotatable bonds is 4. The maximum absolute atomic E-state index is 11.8. The number of carbonyl (C=O) groups excluding carboxylic acids is 1. The molecule has 1 aliphatic heterocycles. The van der Waals surface area contributed by atoms with Crippen LogP contribution in [0.2, 0.25) is 0 Å². The molecule has 1 saturated heterocycles. The lowest BCUT2D eigenvalue weighted by Crippen LogP contribution is -2.35. The van der Waals surface area contributed by atoms with E-state index in [-0.39, 0.29) is 5.91 Å². The largest absolute Gasteiger partial charge is 0.353 e. The third-order valence-electron chi connectivity index (χ3n) is 3.28. The number of nitrogens with zero attached hydrogens (tertiary/aromatic N) is 1. The van der Waals surface area contributed by atoms with Gasteiger partial charge in [-0.2, -0.15) is 0 Å². The van der Waals surface area contributed by atoms with Gasteiger partial charge >= 0.3 is 0 Å². The molecule has 1 amide bonds. The fourth-order valence-electron chi connectivity index (χ4n) is 2.25. The van der Waals surface area contributed by atoms with E-state index in [0.717, 1.165) is 44.5 Å². The summed E-state index contributed by atoms with van der Waals surface area (Å²) in [4.78, 5) is 16.1. The van der Waals surface area contributed by atoms with Crippen molar-refractivity contribution >= 4 is 5.91 Å². The van der Waals surface area contributed by atoms with Crippen molar-refractivity contribution in [2.45, 2.75) is 38.1 Å². The maximum atomic E-state index is 11.8. The molecular formula is C14H21N3O. The molecule has 0 saturated carbocycles. The van der Waals surface area contributed by atoms with Crippen LogP contribution >= 0.6 is 0 Å². The summed E-state index contributed by atoms with van der Waals surface area (Å²) in [6, 6.07) is 6.15. The molecule has 2 heterocycles. The zero-order valence-electron chi connectivity index (χ0n) is 10.7. The van der Waals surface area contributed by atoms with Gasteiger partial charge in [-0.25, -0.2) is 0 Å². The monoisotopic (exact) mass is 247 g/mol. The molecule has 4 nitrogen and oxygen atoms in total. The van der Waals surface area contributed by atoms with Crippen molar-refractivity contribution in [2.24, 2.45) is 0 Å². The Balaban J connectivity index is 1.71. The van der Waals surface area contributed by atoms with Crippen molar-refractivity contribution in [1.29, 1.82) is 0 Å². The zero-order valence-corrected chi connectivity index (χ0v) is 10.7. The molecule has 1 aromatic rings. The van der Waals surface area contributed by atoms with Crippen LogP contribution in [0.25, 0.3) is 0 Å². The zero-order chi connectivity index (χ0) is 12.6. The normalized spacial score (nSPS) is 20.1. The van der Waals surface area contributed by atoms with Gasteiger partial charge in [0.1, 0.15) is 0 Å². The molecule has 2 N–H and O–H groups in total. The lowest BCUT2D eigenvalue weighted by molar-refractivity contribution is -0.121. The molecule has 0 aromatic carbocycles. The van der Waals surface area contributed by atoms with Gasteiger partial charge in [-0.05, 0) is 50.9 Å². The highest BCUT2D eigenvalue weighted by atomic mass is 16.1. The van der Waals surface area contributed by atoms with E-state index in [2.05, 4.69) is 15.6 Å². The van der Waals surface area contributed by atoms with E-state index >= 15 is 0 Å². The average molecular weight is 247 g/mol. The molecule has 0 bridgehead atoms. The van der Waals surface area contributed by atoms with Crippen LogP contribution < -0.4 is 10.6 Å². The number of hydrogen-bond donors (Lipinski definition) is 2. The van der Waals surface area contributed by atoms with Gasteiger partial charge in [0.25, 0.3) is 0 Å². The molecule has 1 unspecified atom stereocenters. The van der Waals surface area contributed by atoms with Gasteiger partial charge < -0.3 is 10.6 Å². The number of amides is 1. The number of carbonyl (C=O) groups is 1. The fraction of sp³-hybridized carbons (Fsp3) is 0.571. The Morgan fingerprint density at radius 3 is 3.17 bits per heavy atom. The summed E-state index contributed by atoms with van der Waals surface area (Å²) >= 11 is 0. The minimum absolute atomic E-state index is 0.146. The third-order valence-corrected chi connectivity index (χ3v) is 3.28. The van der Waals surface area contributed by atoms with Gasteiger partial charge in [-0.3, -0.25) is 9.78 Å². The van der Waals surface area contributed by atoms with Gasteiger partial charge in [0.05, 0.1) is 0 Å². The highest BCUT2D eigenvalue weighted by molar-refractivity contribution is 5.76. The summed E-state index contributed by atoms with van der Waals surface area (Å²) in [5.74, 6) is 0.146. The third kappa shape index (κ3) is 4.45. The van der Waals surface area contributed by atoms with Gasteiger partial charge in [0.2, 0.25) is 5.91 Å². The van der Waals surface area contributed by atoms with Crippen molar-refractivity contribution in [2.75, 3.05) is 13.1 Å². The van der Waals surface area contributed by atoms with Crippen LogP contribution in [-0.4, -0.2) is 30.0 Å².